The molecule has 0 bridgehead atoms. The lowest BCUT2D eigenvalue weighted by Gasteiger charge is -2.10. The van der Waals surface area contributed by atoms with Gasteiger partial charge in [-0.25, -0.2) is 4.79 Å². The summed E-state index contributed by atoms with van der Waals surface area (Å²) in [7, 11) is 0. The van der Waals surface area contributed by atoms with Gasteiger partial charge in [-0.05, 0) is 50.8 Å². The van der Waals surface area contributed by atoms with Crippen LogP contribution < -0.4 is 5.63 Å². The third kappa shape index (κ3) is 4.57. The van der Waals surface area contributed by atoms with Gasteiger partial charge in [-0.3, -0.25) is 0 Å². The van der Waals surface area contributed by atoms with Crippen LogP contribution in [0.15, 0.2) is 57.3 Å². The highest BCUT2D eigenvalue weighted by molar-refractivity contribution is 5.79. The zero-order valence-electron chi connectivity index (χ0n) is 13.5. The van der Waals surface area contributed by atoms with Gasteiger partial charge in [-0.1, -0.05) is 23.8 Å². The van der Waals surface area contributed by atoms with Gasteiger partial charge in [-0.2, -0.15) is 0 Å². The maximum atomic E-state index is 11.2. The molecule has 0 saturated carbocycles. The van der Waals surface area contributed by atoms with Crippen molar-refractivity contribution in [2.24, 2.45) is 0 Å². The first-order chi connectivity index (χ1) is 10.9. The molecule has 4 nitrogen and oxygen atoms in total. The average molecular weight is 314 g/mol. The van der Waals surface area contributed by atoms with Crippen LogP contribution in [0.3, 0.4) is 0 Å². The van der Waals surface area contributed by atoms with Gasteiger partial charge in [-0.15, -0.1) is 0 Å². The minimum absolute atomic E-state index is 0.109. The van der Waals surface area contributed by atoms with E-state index in [-0.39, 0.29) is 5.75 Å². The van der Waals surface area contributed by atoms with E-state index in [2.05, 4.69) is 6.58 Å². The molecule has 2 rings (SSSR count). The number of aliphatic hydroxyl groups excluding tert-OH is 1. The smallest absolute Gasteiger partial charge is 0.336 e. The summed E-state index contributed by atoms with van der Waals surface area (Å²) in [5, 5.41) is 20.6. The minimum Gasteiger partial charge on any atom is -0.508 e. The molecule has 0 amide bonds. The molecular weight excluding hydrogens is 292 g/mol. The van der Waals surface area contributed by atoms with Gasteiger partial charge in [0.1, 0.15) is 11.3 Å². The number of allylic oxidation sites excluding steroid dienone is 2. The average Bonchev–Trinajstić information content (AvgIpc) is 2.50. The van der Waals surface area contributed by atoms with E-state index in [4.69, 9.17) is 4.42 Å². The summed E-state index contributed by atoms with van der Waals surface area (Å²) in [6.07, 6.45) is 3.56. The van der Waals surface area contributed by atoms with Crippen molar-refractivity contribution in [2.45, 2.75) is 39.2 Å². The highest BCUT2D eigenvalue weighted by atomic mass is 16.4. The van der Waals surface area contributed by atoms with Crippen LogP contribution in [0.1, 0.15) is 32.3 Å². The molecule has 122 valence electrons. The van der Waals surface area contributed by atoms with E-state index < -0.39 is 11.7 Å². The molecular formula is C19H22O4. The monoisotopic (exact) mass is 314 g/mol. The number of hydrogen-bond acceptors (Lipinski definition) is 4. The van der Waals surface area contributed by atoms with Gasteiger partial charge in [0.2, 0.25) is 0 Å². The van der Waals surface area contributed by atoms with Gasteiger partial charge < -0.3 is 14.6 Å². The largest absolute Gasteiger partial charge is 0.508 e. The predicted octanol–water partition coefficient (Wildman–Crippen LogP) is 3.70. The van der Waals surface area contributed by atoms with E-state index >= 15 is 0 Å². The van der Waals surface area contributed by atoms with E-state index in [1.54, 1.807) is 6.07 Å². The van der Waals surface area contributed by atoms with Gasteiger partial charge in [0, 0.05) is 17.5 Å². The van der Waals surface area contributed by atoms with Crippen molar-refractivity contribution in [2.75, 3.05) is 0 Å². The number of hydrogen-bond donors (Lipinski definition) is 2. The standard InChI is InChI=1S/C19H22O4/c1-12(2)16(20)8-5-13(3)4-6-14-10-15-7-9-19(22)23-18(15)11-17(14)21/h4,7,9-11,16,20-21H,1,5-6,8H2,2-3H3/t16-/m1/s1. The van der Waals surface area contributed by atoms with Crippen LogP contribution in [0.4, 0.5) is 0 Å². The van der Waals surface area contributed by atoms with Crippen molar-refractivity contribution in [1.82, 2.24) is 0 Å². The van der Waals surface area contributed by atoms with Crippen LogP contribution in [0.2, 0.25) is 0 Å². The van der Waals surface area contributed by atoms with Crippen molar-refractivity contribution < 1.29 is 14.6 Å². The Labute approximate surface area is 135 Å². The molecule has 0 aliphatic carbocycles. The van der Waals surface area contributed by atoms with Gasteiger partial charge in [0.15, 0.2) is 0 Å². The highest BCUT2D eigenvalue weighted by Gasteiger charge is 2.07. The van der Waals surface area contributed by atoms with Crippen LogP contribution in [0, 0.1) is 0 Å². The number of phenols is 1. The molecule has 1 aromatic carbocycles. The van der Waals surface area contributed by atoms with Crippen molar-refractivity contribution >= 4 is 11.0 Å². The van der Waals surface area contributed by atoms with E-state index in [0.717, 1.165) is 28.5 Å². The minimum atomic E-state index is -0.477. The summed E-state index contributed by atoms with van der Waals surface area (Å²) in [6.45, 7) is 7.56. The molecule has 1 aromatic heterocycles. The first kappa shape index (κ1) is 17.0. The normalized spacial score (nSPS) is 13.3. The quantitative estimate of drug-likeness (QED) is 0.630. The van der Waals surface area contributed by atoms with Crippen molar-refractivity contribution in [1.29, 1.82) is 0 Å². The molecule has 2 aromatic rings. The fraction of sp³-hybridized carbons (Fsp3) is 0.316. The summed E-state index contributed by atoms with van der Waals surface area (Å²) in [5.41, 5.74) is 2.63. The number of rotatable bonds is 6. The summed E-state index contributed by atoms with van der Waals surface area (Å²) < 4.78 is 5.04. The fourth-order valence-corrected chi connectivity index (χ4v) is 2.31. The van der Waals surface area contributed by atoms with Crippen LogP contribution in [-0.2, 0) is 6.42 Å². The lowest BCUT2D eigenvalue weighted by Crippen LogP contribution is -2.06. The Morgan fingerprint density at radius 2 is 2.09 bits per heavy atom. The molecule has 1 atom stereocenters. The Bertz CT molecular complexity index is 799. The van der Waals surface area contributed by atoms with Crippen LogP contribution in [-0.4, -0.2) is 16.3 Å². The summed E-state index contributed by atoms with van der Waals surface area (Å²) >= 11 is 0. The molecule has 0 spiro atoms. The molecule has 1 heterocycles. The van der Waals surface area contributed by atoms with E-state index in [0.29, 0.717) is 18.4 Å². The number of aromatic hydroxyl groups is 1. The number of fused-ring (bicyclic) bond motifs is 1. The molecule has 23 heavy (non-hydrogen) atoms. The second-order valence-corrected chi connectivity index (χ2v) is 5.93. The molecule has 0 fully saturated rings. The Kier molecular flexibility index (Phi) is 5.40. The molecule has 0 saturated heterocycles. The van der Waals surface area contributed by atoms with Crippen LogP contribution >= 0.6 is 0 Å². The topological polar surface area (TPSA) is 70.7 Å². The van der Waals surface area contributed by atoms with E-state index in [1.165, 1.54) is 12.1 Å². The SMILES string of the molecule is C=C(C)[C@H](O)CCC(C)=CCc1cc2ccc(=O)oc2cc1O. The highest BCUT2D eigenvalue weighted by Crippen LogP contribution is 2.25. The third-order valence-corrected chi connectivity index (χ3v) is 3.87. The van der Waals surface area contributed by atoms with Crippen LogP contribution in [0.25, 0.3) is 11.0 Å². The zero-order valence-corrected chi connectivity index (χ0v) is 13.5. The maximum Gasteiger partial charge on any atom is 0.336 e. The second-order valence-electron chi connectivity index (χ2n) is 5.93. The van der Waals surface area contributed by atoms with Gasteiger partial charge >= 0.3 is 5.63 Å². The summed E-state index contributed by atoms with van der Waals surface area (Å²) in [6, 6.07) is 6.34. The number of aliphatic hydroxyl groups is 1. The van der Waals surface area contributed by atoms with Crippen molar-refractivity contribution in [3.8, 4) is 5.75 Å². The Morgan fingerprint density at radius 1 is 1.35 bits per heavy atom. The van der Waals surface area contributed by atoms with E-state index in [1.807, 2.05) is 26.0 Å². The predicted molar refractivity (Wildman–Crippen MR) is 91.7 cm³/mol. The van der Waals surface area contributed by atoms with Gasteiger partial charge in [0.05, 0.1) is 6.10 Å². The molecule has 0 aliphatic rings. The van der Waals surface area contributed by atoms with Crippen molar-refractivity contribution in [3.05, 3.63) is 64.1 Å². The maximum absolute atomic E-state index is 11.2. The Morgan fingerprint density at radius 3 is 2.78 bits per heavy atom. The van der Waals surface area contributed by atoms with E-state index in [9.17, 15) is 15.0 Å². The Hall–Kier alpha value is -2.33. The lowest BCUT2D eigenvalue weighted by atomic mass is 10.0. The third-order valence-electron chi connectivity index (χ3n) is 3.87. The van der Waals surface area contributed by atoms with Crippen molar-refractivity contribution in [3.63, 3.8) is 0 Å². The summed E-state index contributed by atoms with van der Waals surface area (Å²) in [4.78, 5) is 11.2. The second kappa shape index (κ2) is 7.29. The first-order valence-electron chi connectivity index (χ1n) is 7.61. The number of phenolic OH excluding ortho intramolecular Hbond substituents is 1. The number of benzene rings is 1. The fourth-order valence-electron chi connectivity index (χ4n) is 2.31. The van der Waals surface area contributed by atoms with Gasteiger partial charge in [0.25, 0.3) is 0 Å². The van der Waals surface area contributed by atoms with Crippen LogP contribution in [0.5, 0.6) is 5.75 Å². The lowest BCUT2D eigenvalue weighted by molar-refractivity contribution is 0.201. The molecule has 0 radical (unpaired) electrons. The molecule has 0 unspecified atom stereocenters. The Balaban J connectivity index is 2.10. The first-order valence-corrected chi connectivity index (χ1v) is 7.61. The summed E-state index contributed by atoms with van der Waals surface area (Å²) in [5.74, 6) is 0.109. The molecule has 2 N–H and O–H groups in total. The molecule has 4 heteroatoms. The zero-order chi connectivity index (χ0) is 17.0. The molecule has 0 aliphatic heterocycles.